The van der Waals surface area contributed by atoms with Crippen molar-refractivity contribution >= 4 is 23.6 Å². The van der Waals surface area contributed by atoms with E-state index in [1.807, 2.05) is 18.2 Å². The zero-order valence-electron chi connectivity index (χ0n) is 11.1. The molecule has 0 spiro atoms. The minimum atomic E-state index is -0.630. The first kappa shape index (κ1) is 14.5. The number of hydrogen-bond donors (Lipinski definition) is 3. The van der Waals surface area contributed by atoms with E-state index >= 15 is 0 Å². The van der Waals surface area contributed by atoms with Crippen molar-refractivity contribution in [2.45, 2.75) is 0 Å². The molecule has 0 aliphatic heterocycles. The van der Waals surface area contributed by atoms with Gasteiger partial charge >= 0.3 is 0 Å². The average molecular weight is 282 g/mol. The highest BCUT2D eigenvalue weighted by atomic mass is 16.5. The molecule has 5 heteroatoms. The molecule has 0 bridgehead atoms. The van der Waals surface area contributed by atoms with E-state index in [-0.39, 0.29) is 5.91 Å². The molecule has 2 amide bonds. The number of hydroxylamine groups is 1. The fourth-order valence-electron chi connectivity index (χ4n) is 1.72. The summed E-state index contributed by atoms with van der Waals surface area (Å²) in [5.74, 6) is -0.864. The summed E-state index contributed by atoms with van der Waals surface area (Å²) in [6.45, 7) is 0. The molecule has 0 aromatic heterocycles. The van der Waals surface area contributed by atoms with Crippen LogP contribution in [0, 0.1) is 0 Å². The first-order valence-electron chi connectivity index (χ1n) is 6.27. The van der Waals surface area contributed by atoms with Crippen molar-refractivity contribution in [1.82, 2.24) is 5.48 Å². The molecule has 106 valence electrons. The summed E-state index contributed by atoms with van der Waals surface area (Å²) in [5.41, 5.74) is 3.37. The van der Waals surface area contributed by atoms with E-state index in [9.17, 15) is 9.59 Å². The van der Waals surface area contributed by atoms with E-state index in [1.54, 1.807) is 36.4 Å². The van der Waals surface area contributed by atoms with Gasteiger partial charge in [-0.15, -0.1) is 0 Å². The highest BCUT2D eigenvalue weighted by Crippen LogP contribution is 2.11. The SMILES string of the molecule is O=C(/C=C/c1cccc(C(=O)Nc2ccccc2)c1)NO. The number of rotatable bonds is 4. The van der Waals surface area contributed by atoms with E-state index in [0.717, 1.165) is 0 Å². The molecule has 0 atom stereocenters. The number of amides is 2. The standard InChI is InChI=1S/C16H14N2O3/c19-15(18-21)10-9-12-5-4-6-13(11-12)16(20)17-14-7-2-1-3-8-14/h1-11,21H,(H,17,20)(H,18,19)/b10-9+. The smallest absolute Gasteiger partial charge is 0.267 e. The molecule has 0 aliphatic rings. The molecular weight excluding hydrogens is 268 g/mol. The molecule has 2 aromatic rings. The second-order valence-electron chi connectivity index (χ2n) is 4.25. The van der Waals surface area contributed by atoms with Gasteiger partial charge in [0.1, 0.15) is 0 Å². The van der Waals surface area contributed by atoms with Crippen molar-refractivity contribution in [2.24, 2.45) is 0 Å². The van der Waals surface area contributed by atoms with Crippen molar-refractivity contribution < 1.29 is 14.8 Å². The zero-order valence-corrected chi connectivity index (χ0v) is 11.1. The first-order valence-corrected chi connectivity index (χ1v) is 6.27. The van der Waals surface area contributed by atoms with Crippen LogP contribution in [0.2, 0.25) is 0 Å². The van der Waals surface area contributed by atoms with E-state index in [4.69, 9.17) is 5.21 Å². The molecule has 0 radical (unpaired) electrons. The predicted molar refractivity (Wildman–Crippen MR) is 79.8 cm³/mol. The summed E-state index contributed by atoms with van der Waals surface area (Å²) < 4.78 is 0. The first-order chi connectivity index (χ1) is 10.2. The maximum Gasteiger partial charge on any atom is 0.267 e. The third-order valence-electron chi connectivity index (χ3n) is 2.72. The van der Waals surface area contributed by atoms with E-state index in [0.29, 0.717) is 16.8 Å². The molecule has 0 aliphatic carbocycles. The van der Waals surface area contributed by atoms with E-state index in [1.165, 1.54) is 17.6 Å². The van der Waals surface area contributed by atoms with Crippen molar-refractivity contribution in [2.75, 3.05) is 5.32 Å². The van der Waals surface area contributed by atoms with Gasteiger partial charge in [-0.2, -0.15) is 0 Å². The topological polar surface area (TPSA) is 78.4 Å². The van der Waals surface area contributed by atoms with Crippen molar-refractivity contribution in [3.63, 3.8) is 0 Å². The molecule has 21 heavy (non-hydrogen) atoms. The number of hydrogen-bond acceptors (Lipinski definition) is 3. The van der Waals surface area contributed by atoms with Crippen molar-refractivity contribution in [1.29, 1.82) is 0 Å². The van der Waals surface area contributed by atoms with Crippen LogP contribution in [0.5, 0.6) is 0 Å². The van der Waals surface area contributed by atoms with Gasteiger partial charge in [0.15, 0.2) is 0 Å². The summed E-state index contributed by atoms with van der Waals surface area (Å²) in [7, 11) is 0. The molecule has 2 aromatic carbocycles. The summed E-state index contributed by atoms with van der Waals surface area (Å²) in [6.07, 6.45) is 2.68. The van der Waals surface area contributed by atoms with Crippen LogP contribution in [0.25, 0.3) is 6.08 Å². The number of nitrogens with one attached hydrogen (secondary N) is 2. The minimum Gasteiger partial charge on any atom is -0.322 e. The molecule has 0 unspecified atom stereocenters. The Bertz CT molecular complexity index is 666. The fourth-order valence-corrected chi connectivity index (χ4v) is 1.72. The quantitative estimate of drug-likeness (QED) is 0.458. The monoisotopic (exact) mass is 282 g/mol. The second-order valence-corrected chi connectivity index (χ2v) is 4.25. The van der Waals surface area contributed by atoms with E-state index < -0.39 is 5.91 Å². The van der Waals surface area contributed by atoms with Gasteiger partial charge in [-0.05, 0) is 35.9 Å². The van der Waals surface area contributed by atoms with Crippen LogP contribution in [-0.4, -0.2) is 17.0 Å². The minimum absolute atomic E-state index is 0.233. The number of anilines is 1. The summed E-state index contributed by atoms with van der Waals surface area (Å²) >= 11 is 0. The lowest BCUT2D eigenvalue weighted by molar-refractivity contribution is -0.124. The average Bonchev–Trinajstić information content (AvgIpc) is 2.53. The van der Waals surface area contributed by atoms with Crippen LogP contribution >= 0.6 is 0 Å². The van der Waals surface area contributed by atoms with Crippen LogP contribution in [0.3, 0.4) is 0 Å². The van der Waals surface area contributed by atoms with Gasteiger partial charge in [-0.1, -0.05) is 30.3 Å². The molecule has 3 N–H and O–H groups in total. The Balaban J connectivity index is 2.11. The Hall–Kier alpha value is -2.92. The van der Waals surface area contributed by atoms with Gasteiger partial charge in [0.2, 0.25) is 0 Å². The van der Waals surface area contributed by atoms with Gasteiger partial charge in [0.05, 0.1) is 0 Å². The van der Waals surface area contributed by atoms with Crippen LogP contribution in [0.1, 0.15) is 15.9 Å². The van der Waals surface area contributed by atoms with Gasteiger partial charge < -0.3 is 5.32 Å². The highest BCUT2D eigenvalue weighted by molar-refractivity contribution is 6.04. The third kappa shape index (κ3) is 4.29. The molecule has 2 rings (SSSR count). The Labute approximate surface area is 121 Å². The number of para-hydroxylation sites is 1. The summed E-state index contributed by atoms with van der Waals surface area (Å²) in [4.78, 5) is 23.0. The zero-order chi connectivity index (χ0) is 15.1. The molecule has 0 fully saturated rings. The summed E-state index contributed by atoms with van der Waals surface area (Å²) in [5, 5.41) is 11.2. The Morgan fingerprint density at radius 2 is 1.76 bits per heavy atom. The van der Waals surface area contributed by atoms with Gasteiger partial charge in [-0.3, -0.25) is 14.8 Å². The predicted octanol–water partition coefficient (Wildman–Crippen LogP) is 2.46. The Morgan fingerprint density at radius 1 is 1.00 bits per heavy atom. The van der Waals surface area contributed by atoms with Gasteiger partial charge in [-0.25, -0.2) is 5.48 Å². The molecule has 0 heterocycles. The van der Waals surface area contributed by atoms with Crippen LogP contribution in [0.4, 0.5) is 5.69 Å². The third-order valence-corrected chi connectivity index (χ3v) is 2.72. The van der Waals surface area contributed by atoms with Crippen LogP contribution < -0.4 is 10.8 Å². The van der Waals surface area contributed by atoms with Crippen LogP contribution in [-0.2, 0) is 4.79 Å². The lowest BCUT2D eigenvalue weighted by Gasteiger charge is -2.05. The summed E-state index contributed by atoms with van der Waals surface area (Å²) in [6, 6.07) is 15.9. The number of carbonyl (C=O) groups is 2. The Morgan fingerprint density at radius 3 is 2.48 bits per heavy atom. The van der Waals surface area contributed by atoms with Crippen molar-refractivity contribution in [3.05, 3.63) is 71.8 Å². The lowest BCUT2D eigenvalue weighted by atomic mass is 10.1. The van der Waals surface area contributed by atoms with Crippen LogP contribution in [0.15, 0.2) is 60.7 Å². The normalized spacial score (nSPS) is 10.3. The van der Waals surface area contributed by atoms with Gasteiger partial charge in [0.25, 0.3) is 11.8 Å². The van der Waals surface area contributed by atoms with Crippen molar-refractivity contribution in [3.8, 4) is 0 Å². The van der Waals surface area contributed by atoms with E-state index in [2.05, 4.69) is 5.32 Å². The largest absolute Gasteiger partial charge is 0.322 e. The maximum absolute atomic E-state index is 12.1. The fraction of sp³-hybridized carbons (Fsp3) is 0. The molecule has 0 saturated heterocycles. The molecular formula is C16H14N2O3. The molecule has 0 saturated carbocycles. The lowest BCUT2D eigenvalue weighted by Crippen LogP contribution is -2.14. The second kappa shape index (κ2) is 7.02. The number of carbonyl (C=O) groups excluding carboxylic acids is 2. The maximum atomic E-state index is 12.1. The number of benzene rings is 2. The Kier molecular flexibility index (Phi) is 4.84. The molecule has 5 nitrogen and oxygen atoms in total. The highest BCUT2D eigenvalue weighted by Gasteiger charge is 2.05. The van der Waals surface area contributed by atoms with Gasteiger partial charge in [0, 0.05) is 17.3 Å².